The van der Waals surface area contributed by atoms with E-state index in [2.05, 4.69) is 0 Å². The van der Waals surface area contributed by atoms with Crippen molar-refractivity contribution in [1.29, 1.82) is 0 Å². The number of carbonyl (C=O) groups is 2. The number of phenols is 2. The van der Waals surface area contributed by atoms with Crippen LogP contribution in [0.2, 0.25) is 0 Å². The van der Waals surface area contributed by atoms with Crippen molar-refractivity contribution in [1.82, 2.24) is 0 Å². The van der Waals surface area contributed by atoms with Crippen LogP contribution >= 0.6 is 0 Å². The van der Waals surface area contributed by atoms with Gasteiger partial charge in [-0.15, -0.1) is 0 Å². The van der Waals surface area contributed by atoms with Gasteiger partial charge in [-0.05, 0) is 37.2 Å². The molecule has 0 saturated carbocycles. The summed E-state index contributed by atoms with van der Waals surface area (Å²) in [7, 11) is 1.42. The fourth-order valence-electron chi connectivity index (χ4n) is 4.85. The highest BCUT2D eigenvalue weighted by Crippen LogP contribution is 2.48. The summed E-state index contributed by atoms with van der Waals surface area (Å²) < 4.78 is 5.25. The maximum atomic E-state index is 13.2. The summed E-state index contributed by atoms with van der Waals surface area (Å²) >= 11 is 0. The summed E-state index contributed by atoms with van der Waals surface area (Å²) in [4.78, 5) is 26.4. The van der Waals surface area contributed by atoms with E-state index in [0.29, 0.717) is 24.0 Å². The minimum atomic E-state index is -0.522. The van der Waals surface area contributed by atoms with E-state index in [1.165, 1.54) is 13.2 Å². The smallest absolute Gasteiger partial charge is 0.202 e. The third kappa shape index (κ3) is 2.74. The zero-order valence-corrected chi connectivity index (χ0v) is 16.5. The van der Waals surface area contributed by atoms with Gasteiger partial charge in [0.15, 0.2) is 5.78 Å². The van der Waals surface area contributed by atoms with Crippen molar-refractivity contribution in [2.75, 3.05) is 13.7 Å². The second kappa shape index (κ2) is 7.19. The Labute approximate surface area is 168 Å². The first-order valence-corrected chi connectivity index (χ1v) is 9.91. The molecule has 0 amide bonds. The Morgan fingerprint density at radius 3 is 2.41 bits per heavy atom. The van der Waals surface area contributed by atoms with Gasteiger partial charge in [-0.25, -0.2) is 0 Å². The lowest BCUT2D eigenvalue weighted by molar-refractivity contribution is 0.0970. The first-order chi connectivity index (χ1) is 13.9. The molecule has 0 heterocycles. The lowest BCUT2D eigenvalue weighted by Gasteiger charge is -2.33. The standard InChI is InChI=1S/C23H24O6/c1-3-11(10-24)12-7-8-13-15(9-12)22(27)18-19(20(13)25)23(28)17-14(21(18)26)5-4-6-16(17)29-2/h4-6,11-12,24-25,27H,3,7-10H2,1-2H3. The molecule has 4 rings (SSSR count). The van der Waals surface area contributed by atoms with E-state index in [4.69, 9.17) is 4.74 Å². The summed E-state index contributed by atoms with van der Waals surface area (Å²) in [5.74, 6) is -0.982. The molecule has 0 spiro atoms. The minimum Gasteiger partial charge on any atom is -0.507 e. The number of rotatable bonds is 4. The molecule has 2 aliphatic carbocycles. The number of aliphatic hydroxyl groups excluding tert-OH is 1. The van der Waals surface area contributed by atoms with Crippen LogP contribution in [0.1, 0.15) is 62.7 Å². The van der Waals surface area contributed by atoms with Gasteiger partial charge in [-0.2, -0.15) is 0 Å². The number of aromatic hydroxyl groups is 2. The molecule has 152 valence electrons. The molecule has 2 aliphatic rings. The van der Waals surface area contributed by atoms with Crippen LogP contribution in [-0.2, 0) is 12.8 Å². The quantitative estimate of drug-likeness (QED) is 0.586. The normalized spacial score (nSPS) is 18.7. The first-order valence-electron chi connectivity index (χ1n) is 9.91. The number of benzene rings is 2. The zero-order chi connectivity index (χ0) is 20.9. The predicted octanol–water partition coefficient (Wildman–Crippen LogP) is 3.01. The molecule has 0 aromatic heterocycles. The number of ether oxygens (including phenoxy) is 1. The van der Waals surface area contributed by atoms with E-state index in [9.17, 15) is 24.9 Å². The van der Waals surface area contributed by atoms with Gasteiger partial charge in [0.2, 0.25) is 5.78 Å². The Balaban J connectivity index is 1.91. The molecule has 0 bridgehead atoms. The maximum absolute atomic E-state index is 13.2. The van der Waals surface area contributed by atoms with E-state index >= 15 is 0 Å². The summed E-state index contributed by atoms with van der Waals surface area (Å²) in [6.45, 7) is 2.06. The SMILES string of the molecule is CCC(CO)C1CCc2c(O)c3c(c(O)c2C1)C(=O)c1cccc(OC)c1C3=O. The van der Waals surface area contributed by atoms with Crippen LogP contribution in [0.4, 0.5) is 0 Å². The molecule has 29 heavy (non-hydrogen) atoms. The van der Waals surface area contributed by atoms with Gasteiger partial charge in [-0.1, -0.05) is 25.5 Å². The van der Waals surface area contributed by atoms with Crippen molar-refractivity contribution in [3.05, 3.63) is 51.6 Å². The summed E-state index contributed by atoms with van der Waals surface area (Å²) in [6, 6.07) is 4.74. The van der Waals surface area contributed by atoms with Crippen LogP contribution < -0.4 is 4.74 Å². The van der Waals surface area contributed by atoms with Crippen LogP contribution in [0.25, 0.3) is 0 Å². The van der Waals surface area contributed by atoms with Crippen LogP contribution in [0.3, 0.4) is 0 Å². The molecule has 0 aliphatic heterocycles. The predicted molar refractivity (Wildman–Crippen MR) is 106 cm³/mol. The van der Waals surface area contributed by atoms with Crippen molar-refractivity contribution in [3.63, 3.8) is 0 Å². The van der Waals surface area contributed by atoms with Gasteiger partial charge >= 0.3 is 0 Å². The Hall–Kier alpha value is -2.86. The van der Waals surface area contributed by atoms with Crippen LogP contribution in [0.5, 0.6) is 17.2 Å². The van der Waals surface area contributed by atoms with Gasteiger partial charge in [0.05, 0.1) is 23.8 Å². The molecule has 0 fully saturated rings. The van der Waals surface area contributed by atoms with E-state index in [1.807, 2.05) is 6.92 Å². The topological polar surface area (TPSA) is 104 Å². The average Bonchev–Trinajstić information content (AvgIpc) is 2.74. The molecule has 2 atom stereocenters. The van der Waals surface area contributed by atoms with Gasteiger partial charge in [0.1, 0.15) is 17.2 Å². The second-order valence-electron chi connectivity index (χ2n) is 7.80. The number of methoxy groups -OCH3 is 1. The number of aliphatic hydroxyl groups is 1. The molecule has 0 saturated heterocycles. The van der Waals surface area contributed by atoms with E-state index in [1.54, 1.807) is 12.1 Å². The highest BCUT2D eigenvalue weighted by Gasteiger charge is 2.40. The van der Waals surface area contributed by atoms with E-state index in [-0.39, 0.29) is 57.9 Å². The average molecular weight is 396 g/mol. The van der Waals surface area contributed by atoms with Crippen molar-refractivity contribution in [3.8, 4) is 17.2 Å². The lowest BCUT2D eigenvalue weighted by Crippen LogP contribution is -2.28. The minimum absolute atomic E-state index is 0.0543. The van der Waals surface area contributed by atoms with Crippen molar-refractivity contribution < 1.29 is 29.6 Å². The van der Waals surface area contributed by atoms with Gasteiger partial charge < -0.3 is 20.1 Å². The summed E-state index contributed by atoms with van der Waals surface area (Å²) in [6.07, 6.45) is 2.47. The number of hydrogen-bond acceptors (Lipinski definition) is 6. The van der Waals surface area contributed by atoms with E-state index < -0.39 is 11.6 Å². The molecule has 6 heteroatoms. The monoisotopic (exact) mass is 396 g/mol. The highest BCUT2D eigenvalue weighted by molar-refractivity contribution is 6.31. The molecule has 2 aromatic carbocycles. The first kappa shape index (κ1) is 19.5. The van der Waals surface area contributed by atoms with Crippen molar-refractivity contribution in [2.45, 2.75) is 32.6 Å². The second-order valence-corrected chi connectivity index (χ2v) is 7.80. The molecule has 2 aromatic rings. The van der Waals surface area contributed by atoms with E-state index in [0.717, 1.165) is 12.8 Å². The van der Waals surface area contributed by atoms with Crippen molar-refractivity contribution in [2.24, 2.45) is 11.8 Å². The molecule has 3 N–H and O–H groups in total. The molecular formula is C23H24O6. The Bertz CT molecular complexity index is 1020. The number of phenolic OH excluding ortho intramolecular Hbond substituents is 2. The summed E-state index contributed by atoms with van der Waals surface area (Å²) in [5.41, 5.74) is 1.02. The fourth-order valence-corrected chi connectivity index (χ4v) is 4.85. The lowest BCUT2D eigenvalue weighted by atomic mass is 9.72. The Kier molecular flexibility index (Phi) is 4.82. The van der Waals surface area contributed by atoms with Crippen molar-refractivity contribution >= 4 is 11.6 Å². The third-order valence-electron chi connectivity index (χ3n) is 6.49. The molecule has 0 radical (unpaired) electrons. The molecule has 2 unspecified atom stereocenters. The van der Waals surface area contributed by atoms with Crippen LogP contribution in [0.15, 0.2) is 18.2 Å². The number of hydrogen-bond donors (Lipinski definition) is 3. The fraction of sp³-hybridized carbons (Fsp3) is 0.391. The Morgan fingerprint density at radius 1 is 1.07 bits per heavy atom. The van der Waals surface area contributed by atoms with Crippen LogP contribution in [-0.4, -0.2) is 40.6 Å². The number of carbonyl (C=O) groups excluding carboxylic acids is 2. The molecular weight excluding hydrogens is 372 g/mol. The number of fused-ring (bicyclic) bond motifs is 3. The number of ketones is 2. The summed E-state index contributed by atoms with van der Waals surface area (Å²) in [5, 5.41) is 31.6. The zero-order valence-electron chi connectivity index (χ0n) is 16.5. The third-order valence-corrected chi connectivity index (χ3v) is 6.49. The molecule has 6 nitrogen and oxygen atoms in total. The highest BCUT2D eigenvalue weighted by atomic mass is 16.5. The largest absolute Gasteiger partial charge is 0.507 e. The van der Waals surface area contributed by atoms with Gasteiger partial charge in [0.25, 0.3) is 0 Å². The van der Waals surface area contributed by atoms with Gasteiger partial charge in [-0.3, -0.25) is 9.59 Å². The van der Waals surface area contributed by atoms with Gasteiger partial charge in [0, 0.05) is 23.3 Å². The van der Waals surface area contributed by atoms with Crippen LogP contribution in [0, 0.1) is 11.8 Å². The maximum Gasteiger partial charge on any atom is 0.202 e. The Morgan fingerprint density at radius 2 is 1.76 bits per heavy atom.